The number of nitrogens with zero attached hydrogens (tertiary/aromatic N) is 7. The molecule has 13 nitrogen and oxygen atoms in total. The molecule has 1 unspecified atom stereocenters. The first-order valence-corrected chi connectivity index (χ1v) is 19.0. The van der Waals surface area contributed by atoms with E-state index in [-0.39, 0.29) is 36.2 Å². The van der Waals surface area contributed by atoms with Gasteiger partial charge in [0.2, 0.25) is 11.8 Å². The highest BCUT2D eigenvalue weighted by atomic mass is 19.4. The maximum Gasteiger partial charge on any atom is 0.433 e. The van der Waals surface area contributed by atoms with E-state index in [1.54, 1.807) is 11.6 Å². The van der Waals surface area contributed by atoms with Crippen LogP contribution in [-0.4, -0.2) is 90.7 Å². The number of fused-ring (bicyclic) bond motifs is 1. The lowest BCUT2D eigenvalue weighted by Crippen LogP contribution is -2.48. The van der Waals surface area contributed by atoms with E-state index in [1.165, 1.54) is 15.4 Å². The number of amides is 3. The number of benzene rings is 1. The van der Waals surface area contributed by atoms with Crippen molar-refractivity contribution in [1.29, 1.82) is 0 Å². The van der Waals surface area contributed by atoms with Gasteiger partial charge in [0.05, 0.1) is 22.8 Å². The first-order valence-electron chi connectivity index (χ1n) is 19.0. The number of carbonyl (C=O) groups excluding carboxylic acids is 3. The van der Waals surface area contributed by atoms with Crippen molar-refractivity contribution in [3.63, 3.8) is 0 Å². The van der Waals surface area contributed by atoms with Crippen molar-refractivity contribution >= 4 is 34.4 Å². The summed E-state index contributed by atoms with van der Waals surface area (Å²) >= 11 is 0. The number of para-hydroxylation sites is 1. The smallest absolute Gasteiger partial charge is 0.318 e. The Morgan fingerprint density at radius 2 is 1.68 bits per heavy atom. The lowest BCUT2D eigenvalue weighted by atomic mass is 9.85. The van der Waals surface area contributed by atoms with Crippen molar-refractivity contribution < 1.29 is 36.3 Å². The molecule has 2 saturated heterocycles. The van der Waals surface area contributed by atoms with Crippen LogP contribution in [0.15, 0.2) is 47.4 Å². The molecular weight excluding hydrogens is 741 g/mol. The van der Waals surface area contributed by atoms with E-state index in [0.29, 0.717) is 24.3 Å². The number of aromatic nitrogens is 5. The van der Waals surface area contributed by atoms with Crippen molar-refractivity contribution in [3.05, 3.63) is 75.7 Å². The largest absolute Gasteiger partial charge is 0.433 e. The van der Waals surface area contributed by atoms with Gasteiger partial charge in [-0.1, -0.05) is 18.2 Å². The number of anilines is 1. The molecule has 0 bridgehead atoms. The van der Waals surface area contributed by atoms with Gasteiger partial charge in [-0.2, -0.15) is 18.3 Å². The summed E-state index contributed by atoms with van der Waals surface area (Å²) in [5.74, 6) is -1.37. The van der Waals surface area contributed by atoms with Gasteiger partial charge in [0.25, 0.3) is 12.3 Å². The number of piperidine rings is 1. The van der Waals surface area contributed by atoms with Crippen LogP contribution < -0.4 is 16.3 Å². The Balaban J connectivity index is 0.872. The number of imide groups is 1. The molecule has 5 heterocycles. The SMILES string of the molecule is Cn1c(=O)n(C2CCC(=O)NC2=O)c2cccc(CCCN3CCN(C[C@H]4CC[C@H](n5cc(NC(=O)c6cccc(C(F)(F)F)n6)c(C(F)F)n5)CC4)CC3)c21. The minimum atomic E-state index is -4.76. The number of aryl methyl sites for hydroxylation is 2. The van der Waals surface area contributed by atoms with E-state index >= 15 is 0 Å². The highest BCUT2D eigenvalue weighted by Gasteiger charge is 2.34. The van der Waals surface area contributed by atoms with Gasteiger partial charge in [-0.25, -0.2) is 18.6 Å². The van der Waals surface area contributed by atoms with E-state index in [4.69, 9.17) is 0 Å². The molecule has 0 spiro atoms. The average Bonchev–Trinajstić information content (AvgIpc) is 3.71. The summed E-state index contributed by atoms with van der Waals surface area (Å²) in [6, 6.07) is 7.75. The van der Waals surface area contributed by atoms with E-state index in [0.717, 1.165) is 94.2 Å². The third kappa shape index (κ3) is 8.40. The first kappa shape index (κ1) is 39.3. The van der Waals surface area contributed by atoms with Gasteiger partial charge < -0.3 is 15.1 Å². The van der Waals surface area contributed by atoms with Crippen LogP contribution in [0.5, 0.6) is 0 Å². The van der Waals surface area contributed by atoms with Gasteiger partial charge in [0.1, 0.15) is 17.4 Å². The molecule has 56 heavy (non-hydrogen) atoms. The van der Waals surface area contributed by atoms with Crippen LogP contribution in [0.25, 0.3) is 11.0 Å². The Bertz CT molecular complexity index is 2150. The standard InChI is InChI=1S/C38H44F5N9O4/c1-48-33-24(5-2-8-28(33)52(37(48)56)29-14-15-31(53)46-36(29)55)6-4-16-49-17-19-50(20-18-49)21-23-10-12-25(13-11-23)51-22-27(32(47-51)34(39)40)45-35(54)26-7-3-9-30(44-26)38(41,42)43/h2-3,5,7-9,22-23,25,29,34H,4,6,10-21H2,1H3,(H,45,54)(H,46,53,55)/t23-,25-,29?. The zero-order chi connectivity index (χ0) is 39.7. The van der Waals surface area contributed by atoms with Crippen LogP contribution >= 0.6 is 0 Å². The minimum absolute atomic E-state index is 0.151. The molecule has 300 valence electrons. The third-order valence-electron chi connectivity index (χ3n) is 11.3. The van der Waals surface area contributed by atoms with E-state index < -0.39 is 47.5 Å². The molecular formula is C38H44F5N9O4. The van der Waals surface area contributed by atoms with Crippen LogP contribution in [0.2, 0.25) is 0 Å². The summed E-state index contributed by atoms with van der Waals surface area (Å²) in [4.78, 5) is 58.5. The summed E-state index contributed by atoms with van der Waals surface area (Å²) < 4.78 is 71.6. The summed E-state index contributed by atoms with van der Waals surface area (Å²) in [5, 5.41) is 8.71. The molecule has 1 saturated carbocycles. The molecule has 0 radical (unpaired) electrons. The topological polar surface area (TPSA) is 139 Å². The second-order valence-corrected chi connectivity index (χ2v) is 15.0. The molecule has 2 N–H and O–H groups in total. The maximum absolute atomic E-state index is 13.9. The van der Waals surface area contributed by atoms with E-state index in [9.17, 15) is 41.1 Å². The van der Waals surface area contributed by atoms with E-state index in [2.05, 4.69) is 30.5 Å². The second kappa shape index (κ2) is 16.3. The number of carbonyl (C=O) groups is 3. The quantitative estimate of drug-likeness (QED) is 0.158. The van der Waals surface area contributed by atoms with Crippen LogP contribution in [-0.2, 0) is 29.2 Å². The Hall–Kier alpha value is -4.97. The molecule has 1 atom stereocenters. The molecule has 7 rings (SSSR count). The Morgan fingerprint density at radius 1 is 0.964 bits per heavy atom. The number of piperazine rings is 1. The summed E-state index contributed by atoms with van der Waals surface area (Å²) in [6.07, 6.45) is -1.10. The molecule has 1 aliphatic carbocycles. The second-order valence-electron chi connectivity index (χ2n) is 15.0. The predicted molar refractivity (Wildman–Crippen MR) is 195 cm³/mol. The average molecular weight is 786 g/mol. The van der Waals surface area contributed by atoms with Gasteiger partial charge in [-0.3, -0.25) is 33.5 Å². The fraction of sp³-hybridized carbons (Fsp3) is 0.526. The molecule has 2 aliphatic heterocycles. The van der Waals surface area contributed by atoms with Crippen LogP contribution in [0, 0.1) is 5.92 Å². The Labute approximate surface area is 318 Å². The third-order valence-corrected chi connectivity index (χ3v) is 11.3. The highest BCUT2D eigenvalue weighted by molar-refractivity contribution is 6.03. The van der Waals surface area contributed by atoms with E-state index in [1.807, 2.05) is 18.2 Å². The van der Waals surface area contributed by atoms with Crippen molar-refractivity contribution in [2.24, 2.45) is 13.0 Å². The van der Waals surface area contributed by atoms with Gasteiger partial charge in [0.15, 0.2) is 5.69 Å². The van der Waals surface area contributed by atoms with Gasteiger partial charge in [-0.05, 0) is 81.2 Å². The highest BCUT2D eigenvalue weighted by Crippen LogP contribution is 2.36. The van der Waals surface area contributed by atoms with Crippen molar-refractivity contribution in [1.82, 2.24) is 39.0 Å². The van der Waals surface area contributed by atoms with Gasteiger partial charge >= 0.3 is 11.9 Å². The molecule has 3 fully saturated rings. The molecule has 3 aromatic heterocycles. The molecule has 1 aromatic carbocycles. The monoisotopic (exact) mass is 785 g/mol. The summed E-state index contributed by atoms with van der Waals surface area (Å²) in [7, 11) is 1.72. The number of halogens is 5. The molecule has 3 aliphatic rings. The number of nitrogens with one attached hydrogen (secondary N) is 2. The number of alkyl halides is 5. The van der Waals surface area contributed by atoms with Crippen molar-refractivity contribution in [3.8, 4) is 0 Å². The Kier molecular flexibility index (Phi) is 11.4. The van der Waals surface area contributed by atoms with Crippen LogP contribution in [0.1, 0.15) is 90.9 Å². The van der Waals surface area contributed by atoms with Crippen LogP contribution in [0.3, 0.4) is 0 Å². The zero-order valence-electron chi connectivity index (χ0n) is 30.9. The van der Waals surface area contributed by atoms with Crippen molar-refractivity contribution in [2.75, 3.05) is 44.6 Å². The zero-order valence-corrected chi connectivity index (χ0v) is 30.9. The van der Waals surface area contributed by atoms with Gasteiger partial charge in [0, 0.05) is 52.4 Å². The van der Waals surface area contributed by atoms with Crippen molar-refractivity contribution in [2.45, 2.75) is 76.1 Å². The fourth-order valence-electron chi connectivity index (χ4n) is 8.35. The molecule has 3 amide bonds. The summed E-state index contributed by atoms with van der Waals surface area (Å²) in [6.45, 7) is 5.56. The Morgan fingerprint density at radius 3 is 2.38 bits per heavy atom. The number of hydrogen-bond acceptors (Lipinski definition) is 8. The lowest BCUT2D eigenvalue weighted by Gasteiger charge is -2.38. The number of hydrogen-bond donors (Lipinski definition) is 2. The van der Waals surface area contributed by atoms with Crippen LogP contribution in [0.4, 0.5) is 27.6 Å². The summed E-state index contributed by atoms with van der Waals surface area (Å²) in [5.41, 5.74) is -0.434. The molecule has 18 heteroatoms. The number of pyridine rings is 1. The maximum atomic E-state index is 13.9. The lowest BCUT2D eigenvalue weighted by molar-refractivity contribution is -0.141. The normalized spacial score (nSPS) is 21.5. The fourth-order valence-corrected chi connectivity index (χ4v) is 8.35. The first-order chi connectivity index (χ1) is 26.8. The number of imidazole rings is 1. The minimum Gasteiger partial charge on any atom is -0.318 e. The number of rotatable bonds is 11. The van der Waals surface area contributed by atoms with Gasteiger partial charge in [-0.15, -0.1) is 0 Å². The molecule has 4 aromatic rings. The predicted octanol–water partition coefficient (Wildman–Crippen LogP) is 5.10.